The molecule has 1 aromatic rings. The number of β-amino-alcohol motifs (C(OH)–C–C–N with tert-alkyl or cyclic N) is 1. The minimum absolute atomic E-state index is 0.150. The van der Waals surface area contributed by atoms with Gasteiger partial charge in [0.2, 0.25) is 5.91 Å². The molecular formula is C12H14BrFN2O2. The summed E-state index contributed by atoms with van der Waals surface area (Å²) in [6.07, 6.45) is -0.0329. The highest BCUT2D eigenvalue weighted by molar-refractivity contribution is 9.10. The Labute approximate surface area is 113 Å². The average Bonchev–Trinajstić information content (AvgIpc) is 2.74. The van der Waals surface area contributed by atoms with E-state index in [1.54, 1.807) is 6.07 Å². The molecule has 1 aliphatic rings. The number of nitrogens with one attached hydrogen (secondary N) is 2. The summed E-state index contributed by atoms with van der Waals surface area (Å²) >= 11 is 3.24. The van der Waals surface area contributed by atoms with E-state index in [1.165, 1.54) is 12.1 Å². The second-order valence-corrected chi connectivity index (χ2v) is 5.16. The number of hydrogen-bond donors (Lipinski definition) is 3. The highest BCUT2D eigenvalue weighted by Crippen LogP contribution is 2.18. The van der Waals surface area contributed by atoms with E-state index in [1.807, 2.05) is 0 Å². The van der Waals surface area contributed by atoms with E-state index < -0.39 is 6.10 Å². The standard InChI is InChI=1S/C12H14BrFN2O2/c13-10-3-8(14)2-1-7(10)5-16-12(18)11-4-9(17)6-15-11/h1-3,9,11,15,17H,4-6H2,(H,16,18)/t9-,11-/m1/s1. The monoisotopic (exact) mass is 316 g/mol. The molecule has 0 spiro atoms. The van der Waals surface area contributed by atoms with Crippen LogP contribution in [0.4, 0.5) is 4.39 Å². The van der Waals surface area contributed by atoms with Gasteiger partial charge in [-0.05, 0) is 24.1 Å². The molecule has 3 N–H and O–H groups in total. The number of amides is 1. The van der Waals surface area contributed by atoms with E-state index in [9.17, 15) is 14.3 Å². The summed E-state index contributed by atoms with van der Waals surface area (Å²) in [5.74, 6) is -0.472. The molecule has 6 heteroatoms. The van der Waals surface area contributed by atoms with Crippen LogP contribution in [-0.2, 0) is 11.3 Å². The zero-order chi connectivity index (χ0) is 13.1. The van der Waals surface area contributed by atoms with E-state index in [4.69, 9.17) is 0 Å². The predicted molar refractivity (Wildman–Crippen MR) is 68.4 cm³/mol. The number of benzene rings is 1. The molecule has 1 saturated heterocycles. The summed E-state index contributed by atoms with van der Waals surface area (Å²) < 4.78 is 13.5. The summed E-state index contributed by atoms with van der Waals surface area (Å²) in [7, 11) is 0. The maximum absolute atomic E-state index is 12.9. The molecule has 0 aliphatic carbocycles. The van der Waals surface area contributed by atoms with Crippen molar-refractivity contribution in [1.29, 1.82) is 0 Å². The van der Waals surface area contributed by atoms with E-state index in [0.717, 1.165) is 5.56 Å². The first kappa shape index (κ1) is 13.5. The fourth-order valence-corrected chi connectivity index (χ4v) is 2.38. The van der Waals surface area contributed by atoms with Gasteiger partial charge in [0.05, 0.1) is 12.1 Å². The first-order valence-electron chi connectivity index (χ1n) is 5.69. The number of hydrogen-bond acceptors (Lipinski definition) is 3. The molecule has 1 heterocycles. The van der Waals surface area contributed by atoms with Crippen molar-refractivity contribution >= 4 is 21.8 Å². The van der Waals surface area contributed by atoms with Crippen LogP contribution in [0.3, 0.4) is 0 Å². The first-order valence-corrected chi connectivity index (χ1v) is 6.48. The smallest absolute Gasteiger partial charge is 0.237 e. The van der Waals surface area contributed by atoms with Gasteiger partial charge in [0, 0.05) is 17.6 Å². The van der Waals surface area contributed by atoms with Crippen LogP contribution in [0.15, 0.2) is 22.7 Å². The number of aliphatic hydroxyl groups is 1. The van der Waals surface area contributed by atoms with Crippen LogP contribution >= 0.6 is 15.9 Å². The molecule has 98 valence electrons. The van der Waals surface area contributed by atoms with Crippen LogP contribution in [0.1, 0.15) is 12.0 Å². The van der Waals surface area contributed by atoms with Crippen LogP contribution in [0.5, 0.6) is 0 Å². The lowest BCUT2D eigenvalue weighted by molar-refractivity contribution is -0.123. The predicted octanol–water partition coefficient (Wildman–Crippen LogP) is 0.927. The molecule has 0 saturated carbocycles. The quantitative estimate of drug-likeness (QED) is 0.777. The molecule has 4 nitrogen and oxygen atoms in total. The van der Waals surface area contributed by atoms with Gasteiger partial charge < -0.3 is 15.7 Å². The van der Waals surface area contributed by atoms with E-state index in [0.29, 0.717) is 24.0 Å². The number of rotatable bonds is 3. The SMILES string of the molecule is O=C(NCc1ccc(F)cc1Br)[C@H]1C[C@@H](O)CN1. The Morgan fingerprint density at radius 1 is 1.61 bits per heavy atom. The Bertz CT molecular complexity index is 456. The van der Waals surface area contributed by atoms with Crippen molar-refractivity contribution in [2.45, 2.75) is 25.1 Å². The Morgan fingerprint density at radius 2 is 2.39 bits per heavy atom. The summed E-state index contributed by atoms with van der Waals surface area (Å²) in [5.41, 5.74) is 0.809. The number of carbonyl (C=O) groups is 1. The first-order chi connectivity index (χ1) is 8.56. The third kappa shape index (κ3) is 3.28. The molecular weight excluding hydrogens is 303 g/mol. The molecule has 0 aromatic heterocycles. The average molecular weight is 317 g/mol. The normalized spacial score (nSPS) is 23.1. The largest absolute Gasteiger partial charge is 0.392 e. The Kier molecular flexibility index (Phi) is 4.31. The molecule has 1 aromatic carbocycles. The Balaban J connectivity index is 1.89. The van der Waals surface area contributed by atoms with Gasteiger partial charge in [-0.1, -0.05) is 22.0 Å². The van der Waals surface area contributed by atoms with Crippen molar-refractivity contribution in [3.63, 3.8) is 0 Å². The van der Waals surface area contributed by atoms with Crippen LogP contribution in [0, 0.1) is 5.82 Å². The summed E-state index contributed by atoms with van der Waals surface area (Å²) in [4.78, 5) is 11.8. The zero-order valence-corrected chi connectivity index (χ0v) is 11.2. The van der Waals surface area contributed by atoms with Gasteiger partial charge in [-0.3, -0.25) is 4.79 Å². The topological polar surface area (TPSA) is 61.4 Å². The number of carbonyl (C=O) groups excluding carboxylic acids is 1. The van der Waals surface area contributed by atoms with Gasteiger partial charge in [0.1, 0.15) is 5.82 Å². The Morgan fingerprint density at radius 3 is 3.00 bits per heavy atom. The van der Waals surface area contributed by atoms with Crippen LogP contribution in [-0.4, -0.2) is 29.7 Å². The van der Waals surface area contributed by atoms with Crippen molar-refractivity contribution in [2.75, 3.05) is 6.54 Å². The fourth-order valence-electron chi connectivity index (χ4n) is 1.89. The van der Waals surface area contributed by atoms with Crippen molar-refractivity contribution < 1.29 is 14.3 Å². The Hall–Kier alpha value is -0.980. The van der Waals surface area contributed by atoms with Gasteiger partial charge in [0.25, 0.3) is 0 Å². The minimum Gasteiger partial charge on any atom is -0.392 e. The molecule has 2 atom stereocenters. The van der Waals surface area contributed by atoms with Gasteiger partial charge in [0.15, 0.2) is 0 Å². The molecule has 1 amide bonds. The molecule has 1 fully saturated rings. The molecule has 1 aliphatic heterocycles. The third-order valence-corrected chi connectivity index (χ3v) is 3.63. The molecule has 0 radical (unpaired) electrons. The highest BCUT2D eigenvalue weighted by atomic mass is 79.9. The fraction of sp³-hybridized carbons (Fsp3) is 0.417. The number of halogens is 2. The van der Waals surface area contributed by atoms with Crippen LogP contribution in [0.2, 0.25) is 0 Å². The van der Waals surface area contributed by atoms with Crippen molar-refractivity contribution in [2.24, 2.45) is 0 Å². The molecule has 18 heavy (non-hydrogen) atoms. The van der Waals surface area contributed by atoms with E-state index in [2.05, 4.69) is 26.6 Å². The number of aliphatic hydroxyl groups excluding tert-OH is 1. The second kappa shape index (κ2) is 5.77. The maximum Gasteiger partial charge on any atom is 0.237 e. The maximum atomic E-state index is 12.9. The van der Waals surface area contributed by atoms with Crippen molar-refractivity contribution in [3.05, 3.63) is 34.1 Å². The summed E-state index contributed by atoms with van der Waals surface area (Å²) in [6.45, 7) is 0.770. The molecule has 0 unspecified atom stereocenters. The van der Waals surface area contributed by atoms with Crippen LogP contribution < -0.4 is 10.6 Å². The van der Waals surface area contributed by atoms with Crippen LogP contribution in [0.25, 0.3) is 0 Å². The lowest BCUT2D eigenvalue weighted by Crippen LogP contribution is -2.40. The van der Waals surface area contributed by atoms with Crippen molar-refractivity contribution in [3.8, 4) is 0 Å². The van der Waals surface area contributed by atoms with Gasteiger partial charge in [-0.25, -0.2) is 4.39 Å². The third-order valence-electron chi connectivity index (χ3n) is 2.89. The van der Waals surface area contributed by atoms with Gasteiger partial charge in [-0.2, -0.15) is 0 Å². The lowest BCUT2D eigenvalue weighted by atomic mass is 10.2. The lowest BCUT2D eigenvalue weighted by Gasteiger charge is -2.11. The van der Waals surface area contributed by atoms with Gasteiger partial charge >= 0.3 is 0 Å². The second-order valence-electron chi connectivity index (χ2n) is 4.30. The van der Waals surface area contributed by atoms with E-state index >= 15 is 0 Å². The summed E-state index contributed by atoms with van der Waals surface area (Å²) in [5, 5.41) is 15.0. The van der Waals surface area contributed by atoms with Gasteiger partial charge in [-0.15, -0.1) is 0 Å². The summed E-state index contributed by atoms with van der Waals surface area (Å²) in [6, 6.07) is 3.98. The van der Waals surface area contributed by atoms with E-state index in [-0.39, 0.29) is 17.8 Å². The minimum atomic E-state index is -0.460. The molecule has 0 bridgehead atoms. The highest BCUT2D eigenvalue weighted by Gasteiger charge is 2.27. The zero-order valence-electron chi connectivity index (χ0n) is 9.62. The molecule has 2 rings (SSSR count). The van der Waals surface area contributed by atoms with Crippen molar-refractivity contribution in [1.82, 2.24) is 10.6 Å².